The number of hydrogen-bond donors (Lipinski definition) is 0. The van der Waals surface area contributed by atoms with Crippen molar-refractivity contribution in [3.63, 3.8) is 0 Å². The van der Waals surface area contributed by atoms with Gasteiger partial charge in [-0.1, -0.05) is 34.1 Å². The SMILES string of the molecule is COc1cc(CN(C)C(=O)C2CC2c2cccc(Br)c2)ccc1OC(F)F. The van der Waals surface area contributed by atoms with E-state index < -0.39 is 6.61 Å². The lowest BCUT2D eigenvalue weighted by molar-refractivity contribution is -0.131. The smallest absolute Gasteiger partial charge is 0.387 e. The first-order valence-corrected chi connectivity index (χ1v) is 9.30. The number of halogens is 3. The van der Waals surface area contributed by atoms with Gasteiger partial charge in [0.1, 0.15) is 0 Å². The molecule has 1 aliphatic carbocycles. The van der Waals surface area contributed by atoms with Gasteiger partial charge in [0.05, 0.1) is 7.11 Å². The largest absolute Gasteiger partial charge is 0.493 e. The summed E-state index contributed by atoms with van der Waals surface area (Å²) in [5.74, 6) is 0.488. The standard InChI is InChI=1S/C20H20BrF2NO3/c1-24(11-12-6-7-17(27-20(22)23)18(8-12)26-2)19(25)16-10-15(16)13-4-3-5-14(21)9-13/h3-9,15-16,20H,10-11H2,1-2H3. The summed E-state index contributed by atoms with van der Waals surface area (Å²) in [5, 5.41) is 0. The Hall–Kier alpha value is -2.15. The molecule has 1 aliphatic rings. The second-order valence-corrected chi connectivity index (χ2v) is 7.48. The second kappa shape index (κ2) is 8.25. The van der Waals surface area contributed by atoms with Crippen molar-refractivity contribution >= 4 is 21.8 Å². The van der Waals surface area contributed by atoms with Gasteiger partial charge in [0.25, 0.3) is 0 Å². The molecule has 2 aromatic rings. The summed E-state index contributed by atoms with van der Waals surface area (Å²) in [7, 11) is 3.13. The molecule has 144 valence electrons. The number of rotatable bonds is 7. The maximum absolute atomic E-state index is 12.7. The van der Waals surface area contributed by atoms with Gasteiger partial charge in [-0.3, -0.25) is 4.79 Å². The molecule has 2 unspecified atom stereocenters. The van der Waals surface area contributed by atoms with Gasteiger partial charge in [-0.05, 0) is 47.7 Å². The van der Waals surface area contributed by atoms with Crippen molar-refractivity contribution in [3.8, 4) is 11.5 Å². The van der Waals surface area contributed by atoms with E-state index in [4.69, 9.17) is 4.74 Å². The maximum Gasteiger partial charge on any atom is 0.387 e. The summed E-state index contributed by atoms with van der Waals surface area (Å²) in [6.07, 6.45) is 0.837. The summed E-state index contributed by atoms with van der Waals surface area (Å²) in [6.45, 7) is -2.55. The van der Waals surface area contributed by atoms with E-state index in [1.165, 1.54) is 13.2 Å². The van der Waals surface area contributed by atoms with Crippen molar-refractivity contribution in [3.05, 3.63) is 58.1 Å². The van der Waals surface area contributed by atoms with Crippen molar-refractivity contribution in [1.29, 1.82) is 0 Å². The Balaban J connectivity index is 1.63. The quantitative estimate of drug-likeness (QED) is 0.620. The predicted octanol–water partition coefficient (Wildman–Crippen LogP) is 4.82. The average Bonchev–Trinajstić information content (AvgIpc) is 3.42. The summed E-state index contributed by atoms with van der Waals surface area (Å²) in [5.41, 5.74) is 1.94. The fourth-order valence-electron chi connectivity index (χ4n) is 3.21. The minimum absolute atomic E-state index is 0.0207. The number of ether oxygens (including phenoxy) is 2. The Morgan fingerprint density at radius 3 is 2.70 bits per heavy atom. The van der Waals surface area contributed by atoms with Crippen molar-refractivity contribution in [1.82, 2.24) is 4.90 Å². The second-order valence-electron chi connectivity index (χ2n) is 6.56. The van der Waals surface area contributed by atoms with E-state index in [-0.39, 0.29) is 29.2 Å². The van der Waals surface area contributed by atoms with Crippen LogP contribution in [0.1, 0.15) is 23.5 Å². The lowest BCUT2D eigenvalue weighted by atomic mass is 10.1. The summed E-state index contributed by atoms with van der Waals surface area (Å²) in [4.78, 5) is 14.4. The highest BCUT2D eigenvalue weighted by Gasteiger charge is 2.45. The van der Waals surface area contributed by atoms with Crippen LogP contribution in [0.25, 0.3) is 0 Å². The van der Waals surface area contributed by atoms with Gasteiger partial charge < -0.3 is 14.4 Å². The van der Waals surface area contributed by atoms with Gasteiger partial charge >= 0.3 is 6.61 Å². The third-order valence-electron chi connectivity index (χ3n) is 4.62. The molecule has 1 saturated carbocycles. The van der Waals surface area contributed by atoms with Crippen LogP contribution < -0.4 is 9.47 Å². The Labute approximate surface area is 165 Å². The topological polar surface area (TPSA) is 38.8 Å². The van der Waals surface area contributed by atoms with Gasteiger partial charge in [0.15, 0.2) is 11.5 Å². The van der Waals surface area contributed by atoms with E-state index in [1.54, 1.807) is 24.1 Å². The zero-order valence-electron chi connectivity index (χ0n) is 15.0. The number of nitrogens with zero attached hydrogens (tertiary/aromatic N) is 1. The summed E-state index contributed by atoms with van der Waals surface area (Å²) in [6, 6.07) is 12.7. The molecule has 3 rings (SSSR count). The summed E-state index contributed by atoms with van der Waals surface area (Å²) < 4.78 is 35.4. The number of hydrogen-bond acceptors (Lipinski definition) is 3. The molecule has 27 heavy (non-hydrogen) atoms. The van der Waals surface area contributed by atoms with E-state index in [0.29, 0.717) is 6.54 Å². The monoisotopic (exact) mass is 439 g/mol. The van der Waals surface area contributed by atoms with Crippen molar-refractivity contribution in [2.45, 2.75) is 25.5 Å². The predicted molar refractivity (Wildman–Crippen MR) is 101 cm³/mol. The number of amides is 1. The normalized spacial score (nSPS) is 18.3. The molecule has 0 radical (unpaired) electrons. The van der Waals surface area contributed by atoms with Crippen LogP contribution in [0.5, 0.6) is 11.5 Å². The Bertz CT molecular complexity index is 831. The number of carbonyl (C=O) groups excluding carboxylic acids is 1. The molecule has 2 atom stereocenters. The van der Waals surface area contributed by atoms with E-state index in [1.807, 2.05) is 24.3 Å². The number of carbonyl (C=O) groups is 1. The zero-order chi connectivity index (χ0) is 19.6. The number of alkyl halides is 2. The molecule has 0 saturated heterocycles. The van der Waals surface area contributed by atoms with Crippen molar-refractivity contribution in [2.24, 2.45) is 5.92 Å². The van der Waals surface area contributed by atoms with Crippen LogP contribution in [0.3, 0.4) is 0 Å². The van der Waals surface area contributed by atoms with Gasteiger partial charge in [-0.15, -0.1) is 0 Å². The molecule has 7 heteroatoms. The molecule has 0 heterocycles. The van der Waals surface area contributed by atoms with Crippen molar-refractivity contribution in [2.75, 3.05) is 14.2 Å². The van der Waals surface area contributed by atoms with E-state index >= 15 is 0 Å². The van der Waals surface area contributed by atoms with Gasteiger partial charge in [-0.25, -0.2) is 0 Å². The van der Waals surface area contributed by atoms with Crippen LogP contribution in [0.15, 0.2) is 46.9 Å². The van der Waals surface area contributed by atoms with Crippen LogP contribution in [-0.2, 0) is 11.3 Å². The minimum atomic E-state index is -2.92. The van der Waals surface area contributed by atoms with Gasteiger partial charge in [0, 0.05) is 24.0 Å². The van der Waals surface area contributed by atoms with Crippen molar-refractivity contribution < 1.29 is 23.0 Å². The number of methoxy groups -OCH3 is 1. The van der Waals surface area contributed by atoms with Crippen LogP contribution in [0.2, 0.25) is 0 Å². The molecule has 0 bridgehead atoms. The fourth-order valence-corrected chi connectivity index (χ4v) is 3.63. The number of benzene rings is 2. The molecule has 0 aliphatic heterocycles. The van der Waals surface area contributed by atoms with Crippen LogP contribution in [0, 0.1) is 5.92 Å². The first-order chi connectivity index (χ1) is 12.9. The third kappa shape index (κ3) is 4.77. The highest BCUT2D eigenvalue weighted by molar-refractivity contribution is 9.10. The third-order valence-corrected chi connectivity index (χ3v) is 5.12. The zero-order valence-corrected chi connectivity index (χ0v) is 16.6. The van der Waals surface area contributed by atoms with Crippen LogP contribution in [0.4, 0.5) is 8.78 Å². The van der Waals surface area contributed by atoms with Gasteiger partial charge in [-0.2, -0.15) is 8.78 Å². The first kappa shape index (κ1) is 19.6. The lowest BCUT2D eigenvalue weighted by Gasteiger charge is -2.19. The lowest BCUT2D eigenvalue weighted by Crippen LogP contribution is -2.28. The average molecular weight is 440 g/mol. The molecule has 0 spiro atoms. The molecule has 1 amide bonds. The van der Waals surface area contributed by atoms with E-state index in [0.717, 1.165) is 22.0 Å². The Kier molecular flexibility index (Phi) is 5.99. The first-order valence-electron chi connectivity index (χ1n) is 8.51. The molecule has 2 aromatic carbocycles. The Morgan fingerprint density at radius 1 is 1.26 bits per heavy atom. The molecule has 1 fully saturated rings. The Morgan fingerprint density at radius 2 is 2.04 bits per heavy atom. The van der Waals surface area contributed by atoms with Crippen LogP contribution >= 0.6 is 15.9 Å². The summed E-state index contributed by atoms with van der Waals surface area (Å²) >= 11 is 3.46. The molecule has 0 N–H and O–H groups in total. The molecular formula is C20H20BrF2NO3. The molecule has 0 aromatic heterocycles. The van der Waals surface area contributed by atoms with Crippen LogP contribution in [-0.4, -0.2) is 31.6 Å². The van der Waals surface area contributed by atoms with E-state index in [9.17, 15) is 13.6 Å². The molecule has 4 nitrogen and oxygen atoms in total. The fraction of sp³-hybridized carbons (Fsp3) is 0.350. The molecular weight excluding hydrogens is 420 g/mol. The highest BCUT2D eigenvalue weighted by atomic mass is 79.9. The van der Waals surface area contributed by atoms with Gasteiger partial charge in [0.2, 0.25) is 5.91 Å². The highest BCUT2D eigenvalue weighted by Crippen LogP contribution is 2.48. The minimum Gasteiger partial charge on any atom is -0.493 e. The van der Waals surface area contributed by atoms with E-state index in [2.05, 4.69) is 20.7 Å². The maximum atomic E-state index is 12.7.